The number of morpholine rings is 1. The van der Waals surface area contributed by atoms with Gasteiger partial charge in [0.25, 0.3) is 0 Å². The van der Waals surface area contributed by atoms with Crippen LogP contribution >= 0.6 is 11.8 Å². The lowest BCUT2D eigenvalue weighted by atomic mass is 10.2. The minimum atomic E-state index is -0.120. The van der Waals surface area contributed by atoms with Crippen molar-refractivity contribution in [2.45, 2.75) is 30.9 Å². The van der Waals surface area contributed by atoms with E-state index in [1.54, 1.807) is 17.8 Å². The Morgan fingerprint density at radius 3 is 2.94 bits per heavy atom. The van der Waals surface area contributed by atoms with E-state index in [1.807, 2.05) is 12.1 Å². The summed E-state index contributed by atoms with van der Waals surface area (Å²) in [5, 5.41) is 0. The number of halogens is 1. The Hall–Kier alpha value is -0.580. The van der Waals surface area contributed by atoms with Crippen LogP contribution in [0.1, 0.15) is 13.8 Å². The van der Waals surface area contributed by atoms with Crippen molar-refractivity contribution in [1.29, 1.82) is 0 Å². The number of thioether (sulfide) groups is 1. The van der Waals surface area contributed by atoms with Crippen LogP contribution in [0, 0.1) is 5.82 Å². The SMILES string of the molecule is CC1CN(CCSc2ccccc2F)C(C)CO1. The van der Waals surface area contributed by atoms with Crippen molar-refractivity contribution in [3.8, 4) is 0 Å². The molecule has 0 spiro atoms. The van der Waals surface area contributed by atoms with Crippen LogP contribution in [0.15, 0.2) is 29.2 Å². The molecule has 0 amide bonds. The van der Waals surface area contributed by atoms with E-state index in [0.29, 0.717) is 12.1 Å². The summed E-state index contributed by atoms with van der Waals surface area (Å²) in [5.41, 5.74) is 0. The van der Waals surface area contributed by atoms with Gasteiger partial charge in [0.05, 0.1) is 12.7 Å². The lowest BCUT2D eigenvalue weighted by Crippen LogP contribution is -2.48. The maximum atomic E-state index is 13.4. The van der Waals surface area contributed by atoms with Gasteiger partial charge in [-0.1, -0.05) is 12.1 Å². The molecular formula is C14H20FNOS. The second-order valence-electron chi connectivity index (χ2n) is 4.77. The molecule has 1 aromatic carbocycles. The zero-order valence-electron chi connectivity index (χ0n) is 10.9. The van der Waals surface area contributed by atoms with Gasteiger partial charge in [-0.05, 0) is 26.0 Å². The van der Waals surface area contributed by atoms with Crippen molar-refractivity contribution in [3.05, 3.63) is 30.1 Å². The predicted octanol–water partition coefficient (Wildman–Crippen LogP) is 3.03. The first-order chi connectivity index (χ1) is 8.66. The van der Waals surface area contributed by atoms with Crippen molar-refractivity contribution in [2.75, 3.05) is 25.4 Å². The average Bonchev–Trinajstić information content (AvgIpc) is 2.36. The van der Waals surface area contributed by atoms with Gasteiger partial charge in [-0.15, -0.1) is 11.8 Å². The van der Waals surface area contributed by atoms with Gasteiger partial charge in [0.1, 0.15) is 5.82 Å². The molecule has 0 radical (unpaired) electrons. The molecule has 1 aromatic rings. The number of benzene rings is 1. The van der Waals surface area contributed by atoms with Crippen molar-refractivity contribution in [1.82, 2.24) is 4.90 Å². The Morgan fingerprint density at radius 1 is 1.39 bits per heavy atom. The summed E-state index contributed by atoms with van der Waals surface area (Å²) in [4.78, 5) is 3.16. The van der Waals surface area contributed by atoms with Crippen molar-refractivity contribution >= 4 is 11.8 Å². The number of hydrogen-bond acceptors (Lipinski definition) is 3. The minimum Gasteiger partial charge on any atom is -0.376 e. The molecule has 0 saturated carbocycles. The fourth-order valence-electron chi connectivity index (χ4n) is 2.12. The van der Waals surface area contributed by atoms with Gasteiger partial charge in [0.15, 0.2) is 0 Å². The predicted molar refractivity (Wildman–Crippen MR) is 73.6 cm³/mol. The first-order valence-corrected chi connectivity index (χ1v) is 7.38. The summed E-state index contributed by atoms with van der Waals surface area (Å²) >= 11 is 1.59. The van der Waals surface area contributed by atoms with Crippen LogP contribution in [0.2, 0.25) is 0 Å². The van der Waals surface area contributed by atoms with Crippen LogP contribution in [-0.2, 0) is 4.74 Å². The minimum absolute atomic E-state index is 0.120. The fourth-order valence-corrected chi connectivity index (χ4v) is 3.04. The second-order valence-corrected chi connectivity index (χ2v) is 5.90. The Kier molecular flexibility index (Phi) is 5.03. The quantitative estimate of drug-likeness (QED) is 0.780. The van der Waals surface area contributed by atoms with E-state index in [1.165, 1.54) is 6.07 Å². The first kappa shape index (κ1) is 13.8. The summed E-state index contributed by atoms with van der Waals surface area (Å²) in [5.74, 6) is 0.795. The number of ether oxygens (including phenoxy) is 1. The van der Waals surface area contributed by atoms with Crippen LogP contribution in [0.4, 0.5) is 4.39 Å². The van der Waals surface area contributed by atoms with Gasteiger partial charge in [0.2, 0.25) is 0 Å². The lowest BCUT2D eigenvalue weighted by molar-refractivity contribution is -0.0467. The van der Waals surface area contributed by atoms with E-state index in [9.17, 15) is 4.39 Å². The highest BCUT2D eigenvalue weighted by atomic mass is 32.2. The van der Waals surface area contributed by atoms with E-state index in [2.05, 4.69) is 18.7 Å². The maximum absolute atomic E-state index is 13.4. The smallest absolute Gasteiger partial charge is 0.136 e. The van der Waals surface area contributed by atoms with Gasteiger partial charge >= 0.3 is 0 Å². The highest BCUT2D eigenvalue weighted by molar-refractivity contribution is 7.99. The molecule has 1 fully saturated rings. The summed E-state index contributed by atoms with van der Waals surface area (Å²) < 4.78 is 19.0. The van der Waals surface area contributed by atoms with Crippen LogP contribution < -0.4 is 0 Å². The summed E-state index contributed by atoms with van der Waals surface area (Å²) in [7, 11) is 0. The third kappa shape index (κ3) is 3.70. The van der Waals surface area contributed by atoms with E-state index in [4.69, 9.17) is 4.74 Å². The Bertz CT molecular complexity index is 388. The fraction of sp³-hybridized carbons (Fsp3) is 0.571. The number of rotatable bonds is 4. The van der Waals surface area contributed by atoms with E-state index >= 15 is 0 Å². The highest BCUT2D eigenvalue weighted by Gasteiger charge is 2.22. The van der Waals surface area contributed by atoms with Crippen molar-refractivity contribution < 1.29 is 9.13 Å². The Balaban J connectivity index is 1.79. The van der Waals surface area contributed by atoms with E-state index in [0.717, 1.165) is 30.3 Å². The van der Waals surface area contributed by atoms with Crippen LogP contribution in [-0.4, -0.2) is 42.5 Å². The maximum Gasteiger partial charge on any atom is 0.136 e. The molecule has 0 aliphatic carbocycles. The molecule has 0 aromatic heterocycles. The molecule has 2 unspecified atom stereocenters. The molecule has 2 rings (SSSR count). The summed E-state index contributed by atoms with van der Waals surface area (Å²) in [6.07, 6.45) is 0.305. The standard InChI is InChI=1S/C14H20FNOS/c1-11-10-17-12(2)9-16(11)7-8-18-14-6-4-3-5-13(14)15/h3-6,11-12H,7-10H2,1-2H3. The Labute approximate surface area is 113 Å². The zero-order valence-corrected chi connectivity index (χ0v) is 11.8. The zero-order chi connectivity index (χ0) is 13.0. The molecule has 4 heteroatoms. The molecule has 1 aliphatic heterocycles. The van der Waals surface area contributed by atoms with E-state index < -0.39 is 0 Å². The van der Waals surface area contributed by atoms with E-state index in [-0.39, 0.29) is 5.82 Å². The van der Waals surface area contributed by atoms with Gasteiger partial charge in [-0.3, -0.25) is 4.90 Å². The molecule has 18 heavy (non-hydrogen) atoms. The second kappa shape index (κ2) is 6.55. The van der Waals surface area contributed by atoms with Crippen LogP contribution in [0.3, 0.4) is 0 Å². The summed E-state index contributed by atoms with van der Waals surface area (Å²) in [6, 6.07) is 7.42. The molecule has 0 N–H and O–H groups in total. The van der Waals surface area contributed by atoms with Gasteiger partial charge < -0.3 is 4.74 Å². The molecule has 1 aliphatic rings. The number of hydrogen-bond donors (Lipinski definition) is 0. The molecule has 2 atom stereocenters. The van der Waals surface area contributed by atoms with Gasteiger partial charge in [-0.2, -0.15) is 0 Å². The molecule has 1 saturated heterocycles. The highest BCUT2D eigenvalue weighted by Crippen LogP contribution is 2.22. The monoisotopic (exact) mass is 269 g/mol. The first-order valence-electron chi connectivity index (χ1n) is 6.40. The molecule has 0 bridgehead atoms. The Morgan fingerprint density at radius 2 is 2.17 bits per heavy atom. The molecule has 100 valence electrons. The normalized spacial score (nSPS) is 25.3. The van der Waals surface area contributed by atoms with Gasteiger partial charge in [0, 0.05) is 29.8 Å². The average molecular weight is 269 g/mol. The van der Waals surface area contributed by atoms with Crippen LogP contribution in [0.25, 0.3) is 0 Å². The van der Waals surface area contributed by atoms with Crippen molar-refractivity contribution in [3.63, 3.8) is 0 Å². The van der Waals surface area contributed by atoms with Crippen LogP contribution in [0.5, 0.6) is 0 Å². The summed E-state index contributed by atoms with van der Waals surface area (Å²) in [6.45, 7) is 7.03. The molecular weight excluding hydrogens is 249 g/mol. The topological polar surface area (TPSA) is 12.5 Å². The molecule has 2 nitrogen and oxygen atoms in total. The molecule has 1 heterocycles. The largest absolute Gasteiger partial charge is 0.376 e. The lowest BCUT2D eigenvalue weighted by Gasteiger charge is -2.36. The van der Waals surface area contributed by atoms with Gasteiger partial charge in [-0.25, -0.2) is 4.39 Å². The third-order valence-corrected chi connectivity index (χ3v) is 4.24. The third-order valence-electron chi connectivity index (χ3n) is 3.21. The number of nitrogens with zero attached hydrogens (tertiary/aromatic N) is 1. The van der Waals surface area contributed by atoms with Crippen molar-refractivity contribution in [2.24, 2.45) is 0 Å².